The molecule has 0 radical (unpaired) electrons. The van der Waals surface area contributed by atoms with Crippen molar-refractivity contribution in [1.82, 2.24) is 5.32 Å². The van der Waals surface area contributed by atoms with Gasteiger partial charge in [-0.1, -0.05) is 59.6 Å². The summed E-state index contributed by atoms with van der Waals surface area (Å²) >= 11 is 13.6. The third-order valence-corrected chi connectivity index (χ3v) is 7.45. The molecule has 0 saturated heterocycles. The smallest absolute Gasteiger partial charge is 0.339 e. The molecule has 0 aliphatic heterocycles. The van der Waals surface area contributed by atoms with Crippen molar-refractivity contribution >= 4 is 76.1 Å². The highest BCUT2D eigenvalue weighted by Crippen LogP contribution is 2.25. The molecule has 0 saturated carbocycles. The highest BCUT2D eigenvalue weighted by Gasteiger charge is 2.17. The van der Waals surface area contributed by atoms with Crippen LogP contribution in [0.25, 0.3) is 6.08 Å². The number of hydrogen-bond acceptors (Lipinski definition) is 6. The average molecular weight is 635 g/mol. The molecule has 0 aliphatic rings. The first-order valence-corrected chi connectivity index (χ1v) is 14.5. The number of amides is 3. The van der Waals surface area contributed by atoms with Crippen LogP contribution in [0.2, 0.25) is 10.0 Å². The monoisotopic (exact) mass is 633 g/mol. The molecule has 3 N–H and O–H groups in total. The summed E-state index contributed by atoms with van der Waals surface area (Å²) in [6, 6.07) is 26.7. The summed E-state index contributed by atoms with van der Waals surface area (Å²) in [5.41, 5.74) is 1.93. The Bertz CT molecular complexity index is 1680. The lowest BCUT2D eigenvalue weighted by Gasteiger charge is -2.12. The molecular formula is C32H25Cl2N3O5S. The summed E-state index contributed by atoms with van der Waals surface area (Å²) in [5.74, 6) is -1.80. The lowest BCUT2D eigenvalue weighted by Crippen LogP contribution is -2.30. The van der Waals surface area contributed by atoms with E-state index in [1.165, 1.54) is 31.0 Å². The first-order valence-electron chi connectivity index (χ1n) is 12.8. The van der Waals surface area contributed by atoms with Crippen molar-refractivity contribution in [3.05, 3.63) is 129 Å². The van der Waals surface area contributed by atoms with Crippen LogP contribution in [0.5, 0.6) is 0 Å². The number of esters is 1. The molecule has 0 fully saturated rings. The SMILES string of the molecule is COC(=O)c1ccccc1NC(=O)CSc1ccc(NC(=O)/C(=C/c2ccc(Cl)cc2Cl)NC(=O)c2ccccc2)cc1. The Kier molecular flexibility index (Phi) is 11.0. The van der Waals surface area contributed by atoms with E-state index >= 15 is 0 Å². The predicted octanol–water partition coefficient (Wildman–Crippen LogP) is 6.92. The van der Waals surface area contributed by atoms with E-state index in [0.717, 1.165) is 4.90 Å². The van der Waals surface area contributed by atoms with Crippen molar-refractivity contribution in [2.24, 2.45) is 0 Å². The number of carbonyl (C=O) groups is 4. The molecule has 4 aromatic carbocycles. The van der Waals surface area contributed by atoms with Crippen LogP contribution in [0.3, 0.4) is 0 Å². The molecule has 0 aliphatic carbocycles. The van der Waals surface area contributed by atoms with Gasteiger partial charge in [0.05, 0.1) is 24.1 Å². The zero-order valence-electron chi connectivity index (χ0n) is 22.7. The fraction of sp³-hybridized carbons (Fsp3) is 0.0625. The van der Waals surface area contributed by atoms with E-state index in [1.807, 2.05) is 0 Å². The van der Waals surface area contributed by atoms with Crippen molar-refractivity contribution in [3.63, 3.8) is 0 Å². The van der Waals surface area contributed by atoms with E-state index in [9.17, 15) is 19.2 Å². The van der Waals surface area contributed by atoms with Crippen molar-refractivity contribution in [3.8, 4) is 0 Å². The number of thioether (sulfide) groups is 1. The predicted molar refractivity (Wildman–Crippen MR) is 171 cm³/mol. The first kappa shape index (κ1) is 31.4. The van der Waals surface area contributed by atoms with Crippen LogP contribution in [0, 0.1) is 0 Å². The Morgan fingerprint density at radius 2 is 1.53 bits per heavy atom. The van der Waals surface area contributed by atoms with Gasteiger partial charge in [-0.2, -0.15) is 0 Å². The zero-order chi connectivity index (χ0) is 30.8. The number of halogens is 2. The quantitative estimate of drug-likeness (QED) is 0.0992. The maximum absolute atomic E-state index is 13.3. The molecule has 0 spiro atoms. The van der Waals surface area contributed by atoms with Crippen molar-refractivity contribution in [2.45, 2.75) is 4.90 Å². The Labute approximate surface area is 262 Å². The zero-order valence-corrected chi connectivity index (χ0v) is 25.1. The van der Waals surface area contributed by atoms with Crippen LogP contribution in [0.15, 0.2) is 108 Å². The van der Waals surface area contributed by atoms with E-state index in [1.54, 1.807) is 91.0 Å². The number of para-hydroxylation sites is 1. The number of nitrogens with one attached hydrogen (secondary N) is 3. The lowest BCUT2D eigenvalue weighted by atomic mass is 10.1. The molecular weight excluding hydrogens is 609 g/mol. The molecule has 218 valence electrons. The van der Waals surface area contributed by atoms with Crippen LogP contribution in [0.4, 0.5) is 11.4 Å². The van der Waals surface area contributed by atoms with Crippen LogP contribution in [0.1, 0.15) is 26.3 Å². The fourth-order valence-electron chi connectivity index (χ4n) is 3.76. The minimum Gasteiger partial charge on any atom is -0.465 e. The first-order chi connectivity index (χ1) is 20.7. The van der Waals surface area contributed by atoms with Gasteiger partial charge in [-0.25, -0.2) is 4.79 Å². The maximum atomic E-state index is 13.3. The number of benzene rings is 4. The van der Waals surface area contributed by atoms with Gasteiger partial charge in [0.15, 0.2) is 0 Å². The van der Waals surface area contributed by atoms with Gasteiger partial charge < -0.3 is 20.7 Å². The summed E-state index contributed by atoms with van der Waals surface area (Å²) in [4.78, 5) is 51.4. The van der Waals surface area contributed by atoms with E-state index in [2.05, 4.69) is 16.0 Å². The highest BCUT2D eigenvalue weighted by atomic mass is 35.5. The Morgan fingerprint density at radius 3 is 2.23 bits per heavy atom. The number of carbonyl (C=O) groups excluding carboxylic acids is 4. The average Bonchev–Trinajstić information content (AvgIpc) is 3.01. The second-order valence-corrected chi connectivity index (χ2v) is 10.8. The highest BCUT2D eigenvalue weighted by molar-refractivity contribution is 8.00. The largest absolute Gasteiger partial charge is 0.465 e. The number of anilines is 2. The Balaban J connectivity index is 1.42. The normalized spacial score (nSPS) is 10.9. The van der Waals surface area contributed by atoms with Gasteiger partial charge in [-0.05, 0) is 72.3 Å². The van der Waals surface area contributed by atoms with E-state index in [-0.39, 0.29) is 22.9 Å². The summed E-state index contributed by atoms with van der Waals surface area (Å²) in [6.45, 7) is 0. The summed E-state index contributed by atoms with van der Waals surface area (Å²) in [6.07, 6.45) is 1.47. The Hall–Kier alpha value is -4.57. The van der Waals surface area contributed by atoms with Crippen molar-refractivity contribution < 1.29 is 23.9 Å². The number of hydrogen-bond donors (Lipinski definition) is 3. The molecule has 0 aromatic heterocycles. The second kappa shape index (κ2) is 15.1. The minimum absolute atomic E-state index is 0.0274. The third-order valence-electron chi connectivity index (χ3n) is 5.88. The molecule has 4 rings (SSSR count). The van der Waals surface area contributed by atoms with Gasteiger partial charge in [-0.15, -0.1) is 11.8 Å². The molecule has 3 amide bonds. The topological polar surface area (TPSA) is 114 Å². The van der Waals surface area contributed by atoms with E-state index in [4.69, 9.17) is 27.9 Å². The van der Waals surface area contributed by atoms with Crippen LogP contribution in [-0.4, -0.2) is 36.6 Å². The fourth-order valence-corrected chi connectivity index (χ4v) is 4.93. The van der Waals surface area contributed by atoms with Gasteiger partial charge in [-0.3, -0.25) is 14.4 Å². The maximum Gasteiger partial charge on any atom is 0.339 e. The number of rotatable bonds is 10. The Morgan fingerprint density at radius 1 is 0.837 bits per heavy atom. The molecule has 0 atom stereocenters. The standard InChI is InChI=1S/C32H25Cl2N3O5S/c1-42-32(41)25-9-5-6-10-27(25)36-29(38)19-43-24-15-13-23(14-16-24)35-31(40)28(17-21-11-12-22(33)18-26(21)34)37-30(39)20-7-3-2-4-8-20/h2-18H,19H2,1H3,(H,35,40)(H,36,38)(H,37,39)/b28-17-. The van der Waals surface area contributed by atoms with Gasteiger partial charge in [0.25, 0.3) is 11.8 Å². The van der Waals surface area contributed by atoms with Gasteiger partial charge in [0.2, 0.25) is 5.91 Å². The molecule has 0 unspecified atom stereocenters. The van der Waals surface area contributed by atoms with Crippen molar-refractivity contribution in [2.75, 3.05) is 23.5 Å². The molecule has 11 heteroatoms. The van der Waals surface area contributed by atoms with Crippen molar-refractivity contribution in [1.29, 1.82) is 0 Å². The van der Waals surface area contributed by atoms with Crippen LogP contribution in [-0.2, 0) is 14.3 Å². The molecule has 43 heavy (non-hydrogen) atoms. The van der Waals surface area contributed by atoms with E-state index in [0.29, 0.717) is 32.5 Å². The summed E-state index contributed by atoms with van der Waals surface area (Å²) in [5, 5.41) is 8.91. The lowest BCUT2D eigenvalue weighted by molar-refractivity contribution is -0.114. The second-order valence-electron chi connectivity index (χ2n) is 8.90. The summed E-state index contributed by atoms with van der Waals surface area (Å²) in [7, 11) is 1.27. The number of methoxy groups -OCH3 is 1. The third kappa shape index (κ3) is 8.96. The molecule has 4 aromatic rings. The van der Waals surface area contributed by atoms with Gasteiger partial charge in [0.1, 0.15) is 5.70 Å². The molecule has 0 heterocycles. The number of ether oxygens (including phenoxy) is 1. The van der Waals surface area contributed by atoms with E-state index < -0.39 is 17.8 Å². The molecule has 0 bridgehead atoms. The summed E-state index contributed by atoms with van der Waals surface area (Å²) < 4.78 is 4.76. The van der Waals surface area contributed by atoms with Crippen LogP contribution >= 0.6 is 35.0 Å². The van der Waals surface area contributed by atoms with Gasteiger partial charge >= 0.3 is 5.97 Å². The van der Waals surface area contributed by atoms with Gasteiger partial charge in [0, 0.05) is 26.2 Å². The molecule has 8 nitrogen and oxygen atoms in total. The van der Waals surface area contributed by atoms with Crippen LogP contribution < -0.4 is 16.0 Å². The minimum atomic E-state index is -0.570.